The highest BCUT2D eigenvalue weighted by Crippen LogP contribution is 2.24. The minimum absolute atomic E-state index is 0.350. The van der Waals surface area contributed by atoms with Crippen molar-refractivity contribution in [1.82, 2.24) is 4.98 Å². The van der Waals surface area contributed by atoms with E-state index >= 15 is 0 Å². The lowest BCUT2D eigenvalue weighted by atomic mass is 10.0. The van der Waals surface area contributed by atoms with Crippen LogP contribution in [0, 0.1) is 13.8 Å². The van der Waals surface area contributed by atoms with Crippen LogP contribution in [0.1, 0.15) is 10.6 Å². The molecule has 15 heavy (non-hydrogen) atoms. The largest absolute Gasteiger partial charge is 0.394 e. The van der Waals surface area contributed by atoms with Crippen LogP contribution in [0.2, 0.25) is 0 Å². The third-order valence-electron chi connectivity index (χ3n) is 2.31. The summed E-state index contributed by atoms with van der Waals surface area (Å²) in [5.41, 5.74) is -0.193. The van der Waals surface area contributed by atoms with Crippen LogP contribution in [0.4, 0.5) is 5.13 Å². The molecule has 1 rings (SSSR count). The third kappa shape index (κ3) is 2.66. The Hall–Kier alpha value is -0.690. The van der Waals surface area contributed by atoms with Gasteiger partial charge < -0.3 is 20.6 Å². The predicted octanol–water partition coefficient (Wildman–Crippen LogP) is -0.112. The first-order chi connectivity index (χ1) is 7.06. The minimum atomic E-state index is -1.10. The van der Waals surface area contributed by atoms with Crippen molar-refractivity contribution in [2.75, 3.05) is 25.1 Å². The zero-order chi connectivity index (χ0) is 11.5. The van der Waals surface area contributed by atoms with E-state index in [9.17, 15) is 0 Å². The number of nitrogens with zero attached hydrogens (tertiary/aromatic N) is 1. The molecule has 1 aromatic heterocycles. The Kier molecular flexibility index (Phi) is 4.04. The molecule has 0 bridgehead atoms. The highest BCUT2D eigenvalue weighted by atomic mass is 32.1. The molecule has 0 saturated carbocycles. The quantitative estimate of drug-likeness (QED) is 0.569. The van der Waals surface area contributed by atoms with Crippen molar-refractivity contribution in [3.05, 3.63) is 10.6 Å². The van der Waals surface area contributed by atoms with Crippen LogP contribution >= 0.6 is 11.3 Å². The molecular weight excluding hydrogens is 216 g/mol. The Morgan fingerprint density at radius 2 is 1.73 bits per heavy atom. The van der Waals surface area contributed by atoms with Crippen LogP contribution in [0.3, 0.4) is 0 Å². The van der Waals surface area contributed by atoms with Gasteiger partial charge in [0.25, 0.3) is 0 Å². The normalized spacial score (nSPS) is 11.8. The van der Waals surface area contributed by atoms with Gasteiger partial charge in [0.15, 0.2) is 5.13 Å². The predicted molar refractivity (Wildman–Crippen MR) is 59.2 cm³/mol. The van der Waals surface area contributed by atoms with Crippen molar-refractivity contribution in [3.63, 3.8) is 0 Å². The van der Waals surface area contributed by atoms with Gasteiger partial charge in [0.05, 0.1) is 25.5 Å². The van der Waals surface area contributed by atoms with Gasteiger partial charge >= 0.3 is 0 Å². The summed E-state index contributed by atoms with van der Waals surface area (Å²) < 4.78 is 0. The smallest absolute Gasteiger partial charge is 0.183 e. The standard InChI is InChI=1S/C9H16N2O3S/c1-6-7(2)15-8(10-6)11-9(3-12,4-13)5-14/h12-14H,3-5H2,1-2H3,(H,10,11). The van der Waals surface area contributed by atoms with Gasteiger partial charge in [-0.3, -0.25) is 0 Å². The summed E-state index contributed by atoms with van der Waals surface area (Å²) in [4.78, 5) is 5.28. The number of rotatable bonds is 5. The SMILES string of the molecule is Cc1nc(NC(CO)(CO)CO)sc1C. The summed E-state index contributed by atoms with van der Waals surface area (Å²) in [6, 6.07) is 0. The van der Waals surface area contributed by atoms with E-state index in [0.717, 1.165) is 10.6 Å². The fraction of sp³-hybridized carbons (Fsp3) is 0.667. The van der Waals surface area contributed by atoms with Gasteiger partial charge in [-0.1, -0.05) is 0 Å². The van der Waals surface area contributed by atoms with Gasteiger partial charge in [-0.05, 0) is 13.8 Å². The number of aromatic nitrogens is 1. The van der Waals surface area contributed by atoms with Gasteiger partial charge in [0.2, 0.25) is 0 Å². The molecule has 86 valence electrons. The van der Waals surface area contributed by atoms with Gasteiger partial charge in [-0.25, -0.2) is 4.98 Å². The van der Waals surface area contributed by atoms with E-state index in [2.05, 4.69) is 10.3 Å². The number of aryl methyl sites for hydroxylation is 2. The molecule has 5 nitrogen and oxygen atoms in total. The van der Waals surface area contributed by atoms with E-state index in [1.54, 1.807) is 0 Å². The Labute approximate surface area is 92.4 Å². The van der Waals surface area contributed by atoms with Crippen LogP contribution in [0.15, 0.2) is 0 Å². The van der Waals surface area contributed by atoms with Crippen LogP contribution < -0.4 is 5.32 Å². The van der Waals surface area contributed by atoms with E-state index in [1.165, 1.54) is 11.3 Å². The first kappa shape index (κ1) is 12.4. The number of anilines is 1. The van der Waals surface area contributed by atoms with Gasteiger partial charge in [-0.2, -0.15) is 0 Å². The zero-order valence-corrected chi connectivity index (χ0v) is 9.63. The number of aliphatic hydroxyl groups is 3. The molecule has 6 heteroatoms. The number of aliphatic hydroxyl groups excluding tert-OH is 3. The summed E-state index contributed by atoms with van der Waals surface area (Å²) in [6.07, 6.45) is 0. The molecule has 0 spiro atoms. The van der Waals surface area contributed by atoms with Crippen molar-refractivity contribution in [3.8, 4) is 0 Å². The Bertz CT molecular complexity index is 295. The van der Waals surface area contributed by atoms with Crippen LogP contribution in [0.5, 0.6) is 0 Å². The average molecular weight is 232 g/mol. The maximum absolute atomic E-state index is 9.11. The summed E-state index contributed by atoms with van der Waals surface area (Å²) in [6.45, 7) is 2.78. The molecule has 1 heterocycles. The second-order valence-corrected chi connectivity index (χ2v) is 4.74. The molecule has 4 N–H and O–H groups in total. The van der Waals surface area contributed by atoms with Crippen molar-refractivity contribution >= 4 is 16.5 Å². The molecule has 0 unspecified atom stereocenters. The lowest BCUT2D eigenvalue weighted by Crippen LogP contribution is -2.49. The van der Waals surface area contributed by atoms with Crippen molar-refractivity contribution in [1.29, 1.82) is 0 Å². The van der Waals surface area contributed by atoms with Crippen LogP contribution in [-0.4, -0.2) is 45.7 Å². The first-order valence-electron chi connectivity index (χ1n) is 4.61. The fourth-order valence-corrected chi connectivity index (χ4v) is 1.96. The van der Waals surface area contributed by atoms with Crippen molar-refractivity contribution in [2.24, 2.45) is 0 Å². The van der Waals surface area contributed by atoms with Crippen molar-refractivity contribution in [2.45, 2.75) is 19.4 Å². The molecule has 1 aromatic rings. The second kappa shape index (κ2) is 4.89. The Morgan fingerprint density at radius 3 is 2.07 bits per heavy atom. The molecule has 0 saturated heterocycles. The number of hydrogen-bond donors (Lipinski definition) is 4. The Balaban J connectivity index is 2.82. The molecule has 0 radical (unpaired) electrons. The average Bonchev–Trinajstić information content (AvgIpc) is 2.55. The topological polar surface area (TPSA) is 85.6 Å². The first-order valence-corrected chi connectivity index (χ1v) is 5.43. The molecular formula is C9H16N2O3S. The van der Waals surface area contributed by atoms with Gasteiger partial charge in [0.1, 0.15) is 5.54 Å². The minimum Gasteiger partial charge on any atom is -0.394 e. The molecule has 0 aliphatic rings. The fourth-order valence-electron chi connectivity index (χ4n) is 1.02. The monoisotopic (exact) mass is 232 g/mol. The maximum Gasteiger partial charge on any atom is 0.183 e. The highest BCUT2D eigenvalue weighted by molar-refractivity contribution is 7.15. The van der Waals surface area contributed by atoms with E-state index in [4.69, 9.17) is 15.3 Å². The van der Waals surface area contributed by atoms with Gasteiger partial charge in [0, 0.05) is 4.88 Å². The van der Waals surface area contributed by atoms with Crippen LogP contribution in [-0.2, 0) is 0 Å². The molecule has 0 atom stereocenters. The lowest BCUT2D eigenvalue weighted by Gasteiger charge is -2.28. The van der Waals surface area contributed by atoms with E-state index in [0.29, 0.717) is 5.13 Å². The number of nitrogens with one attached hydrogen (secondary N) is 1. The summed E-state index contributed by atoms with van der Waals surface area (Å²) in [5.74, 6) is 0. The number of hydrogen-bond acceptors (Lipinski definition) is 6. The molecule has 0 aromatic carbocycles. The van der Waals surface area contributed by atoms with Crippen molar-refractivity contribution < 1.29 is 15.3 Å². The molecule has 0 amide bonds. The highest BCUT2D eigenvalue weighted by Gasteiger charge is 2.28. The summed E-state index contributed by atoms with van der Waals surface area (Å²) in [7, 11) is 0. The summed E-state index contributed by atoms with van der Waals surface area (Å²) >= 11 is 1.43. The second-order valence-electron chi connectivity index (χ2n) is 3.54. The van der Waals surface area contributed by atoms with E-state index in [-0.39, 0.29) is 19.8 Å². The molecule has 0 fully saturated rings. The number of thiazole rings is 1. The summed E-state index contributed by atoms with van der Waals surface area (Å²) in [5, 5.41) is 30.8. The van der Waals surface area contributed by atoms with Gasteiger partial charge in [-0.15, -0.1) is 11.3 Å². The third-order valence-corrected chi connectivity index (χ3v) is 3.30. The van der Waals surface area contributed by atoms with E-state index in [1.807, 2.05) is 13.8 Å². The zero-order valence-electron chi connectivity index (χ0n) is 8.82. The molecule has 0 aliphatic heterocycles. The van der Waals surface area contributed by atoms with E-state index < -0.39 is 5.54 Å². The molecule has 0 aliphatic carbocycles. The van der Waals surface area contributed by atoms with Crippen LogP contribution in [0.25, 0.3) is 0 Å². The maximum atomic E-state index is 9.11. The Morgan fingerprint density at radius 1 is 1.20 bits per heavy atom. The lowest BCUT2D eigenvalue weighted by molar-refractivity contribution is 0.0833.